The number of hydrogen-bond donors (Lipinski definition) is 1. The lowest BCUT2D eigenvalue weighted by molar-refractivity contribution is 0.102. The maximum absolute atomic E-state index is 12.4. The fraction of sp³-hybridized carbons (Fsp3) is 0.0625. The number of aromatic nitrogens is 2. The Hall–Kier alpha value is -2.66. The van der Waals surface area contributed by atoms with Gasteiger partial charge < -0.3 is 5.32 Å². The number of carbonyl (C=O) groups excluding carboxylic acids is 1. The van der Waals surface area contributed by atoms with Gasteiger partial charge in [-0.15, -0.1) is 0 Å². The van der Waals surface area contributed by atoms with Gasteiger partial charge in [0.25, 0.3) is 11.5 Å². The molecule has 0 radical (unpaired) electrons. The Morgan fingerprint density at radius 1 is 1.18 bits per heavy atom. The number of carbonyl (C=O) groups is 1. The highest BCUT2D eigenvalue weighted by Crippen LogP contribution is 2.11. The largest absolute Gasteiger partial charge is 0.316 e. The summed E-state index contributed by atoms with van der Waals surface area (Å²) in [6, 6.07) is 10.0. The van der Waals surface area contributed by atoms with Crippen molar-refractivity contribution in [2.75, 3.05) is 5.32 Å². The van der Waals surface area contributed by atoms with Gasteiger partial charge in [0.15, 0.2) is 0 Å². The van der Waals surface area contributed by atoms with Crippen LogP contribution in [0.3, 0.4) is 0 Å². The molecule has 0 spiro atoms. The topological polar surface area (TPSA) is 63.5 Å². The van der Waals surface area contributed by atoms with Crippen LogP contribution in [-0.4, -0.2) is 15.3 Å². The molecule has 110 valence electrons. The van der Waals surface area contributed by atoms with E-state index in [1.807, 2.05) is 13.0 Å². The van der Waals surface area contributed by atoms with E-state index in [4.69, 9.17) is 11.6 Å². The summed E-state index contributed by atoms with van der Waals surface area (Å²) in [4.78, 5) is 28.7. The van der Waals surface area contributed by atoms with Crippen molar-refractivity contribution >= 4 is 28.8 Å². The molecule has 2 heterocycles. The first-order valence-electron chi connectivity index (χ1n) is 6.59. The van der Waals surface area contributed by atoms with Gasteiger partial charge in [-0.05, 0) is 42.8 Å². The fourth-order valence-electron chi connectivity index (χ4n) is 2.06. The van der Waals surface area contributed by atoms with Gasteiger partial charge in [0.1, 0.15) is 11.3 Å². The highest BCUT2D eigenvalue weighted by Gasteiger charge is 2.10. The van der Waals surface area contributed by atoms with Crippen LogP contribution in [0, 0.1) is 6.92 Å². The van der Waals surface area contributed by atoms with E-state index in [-0.39, 0.29) is 17.2 Å². The van der Waals surface area contributed by atoms with Crippen molar-refractivity contribution in [1.29, 1.82) is 0 Å². The van der Waals surface area contributed by atoms with Crippen LogP contribution in [0.5, 0.6) is 0 Å². The van der Waals surface area contributed by atoms with Crippen LogP contribution >= 0.6 is 11.6 Å². The van der Waals surface area contributed by atoms with Crippen molar-refractivity contribution in [2.24, 2.45) is 0 Å². The average Bonchev–Trinajstić information content (AvgIpc) is 2.51. The molecule has 3 rings (SSSR count). The Labute approximate surface area is 131 Å². The quantitative estimate of drug-likeness (QED) is 0.791. The number of nitrogens with one attached hydrogen (secondary N) is 1. The number of nitrogens with zero attached hydrogens (tertiary/aromatic N) is 2. The van der Waals surface area contributed by atoms with Crippen LogP contribution in [0.15, 0.2) is 53.6 Å². The minimum absolute atomic E-state index is 0.128. The highest BCUT2D eigenvalue weighted by molar-refractivity contribution is 6.30. The van der Waals surface area contributed by atoms with Crippen LogP contribution < -0.4 is 10.9 Å². The molecule has 6 heteroatoms. The summed E-state index contributed by atoms with van der Waals surface area (Å²) in [5, 5.41) is 3.12. The number of anilines is 1. The number of pyridine rings is 1. The number of fused-ring (bicyclic) bond motifs is 1. The zero-order valence-electron chi connectivity index (χ0n) is 11.7. The van der Waals surface area contributed by atoms with Gasteiger partial charge in [-0.1, -0.05) is 17.7 Å². The number of rotatable bonds is 2. The second-order valence-corrected chi connectivity index (χ2v) is 5.31. The second kappa shape index (κ2) is 5.61. The molecule has 0 bridgehead atoms. The molecule has 0 saturated carbocycles. The number of benzene rings is 1. The fourth-order valence-corrected chi connectivity index (χ4v) is 2.19. The Bertz CT molecular complexity index is 917. The molecule has 1 N–H and O–H groups in total. The lowest BCUT2D eigenvalue weighted by Gasteiger charge is -2.07. The number of halogens is 1. The standard InChI is InChI=1S/C16H12ClN3O2/c1-10-2-7-14-18-8-13(16(22)20(14)9-10)19-15(21)11-3-5-12(17)6-4-11/h2-9H,1H3,(H,19,21). The summed E-state index contributed by atoms with van der Waals surface area (Å²) < 4.78 is 1.41. The van der Waals surface area contributed by atoms with E-state index < -0.39 is 0 Å². The maximum Gasteiger partial charge on any atom is 0.281 e. The van der Waals surface area contributed by atoms with E-state index in [9.17, 15) is 9.59 Å². The molecule has 1 aromatic carbocycles. The molecule has 5 nitrogen and oxygen atoms in total. The third kappa shape index (κ3) is 2.71. The SMILES string of the molecule is Cc1ccc2ncc(NC(=O)c3ccc(Cl)cc3)c(=O)n2c1. The molecule has 0 aliphatic heterocycles. The van der Waals surface area contributed by atoms with E-state index >= 15 is 0 Å². The summed E-state index contributed by atoms with van der Waals surface area (Å²) in [6.45, 7) is 1.88. The molecule has 1 amide bonds. The molecular formula is C16H12ClN3O2. The first-order chi connectivity index (χ1) is 10.5. The maximum atomic E-state index is 12.4. The van der Waals surface area contributed by atoms with Gasteiger partial charge in [-0.25, -0.2) is 4.98 Å². The molecule has 0 aliphatic rings. The minimum Gasteiger partial charge on any atom is -0.316 e. The van der Waals surface area contributed by atoms with Crippen molar-refractivity contribution in [3.63, 3.8) is 0 Å². The summed E-state index contributed by atoms with van der Waals surface area (Å²) in [6.07, 6.45) is 3.05. The van der Waals surface area contributed by atoms with E-state index in [0.717, 1.165) is 5.56 Å². The van der Waals surface area contributed by atoms with Crippen molar-refractivity contribution in [3.8, 4) is 0 Å². The molecule has 0 atom stereocenters. The van der Waals surface area contributed by atoms with Crippen LogP contribution in [0.2, 0.25) is 5.02 Å². The molecule has 0 unspecified atom stereocenters. The summed E-state index contributed by atoms with van der Waals surface area (Å²) in [5.41, 5.74) is 1.68. The van der Waals surface area contributed by atoms with E-state index in [1.165, 1.54) is 10.6 Å². The average molecular weight is 314 g/mol. The summed E-state index contributed by atoms with van der Waals surface area (Å²) >= 11 is 5.79. The third-order valence-corrected chi connectivity index (χ3v) is 3.46. The van der Waals surface area contributed by atoms with Crippen LogP contribution in [0.25, 0.3) is 5.65 Å². The van der Waals surface area contributed by atoms with E-state index in [1.54, 1.807) is 36.5 Å². The van der Waals surface area contributed by atoms with Crippen LogP contribution in [0.1, 0.15) is 15.9 Å². The van der Waals surface area contributed by atoms with Crippen molar-refractivity contribution < 1.29 is 4.79 Å². The van der Waals surface area contributed by atoms with Crippen LogP contribution in [0.4, 0.5) is 5.69 Å². The molecule has 0 aliphatic carbocycles. The van der Waals surface area contributed by atoms with Gasteiger partial charge in [0.05, 0.1) is 6.20 Å². The Kier molecular flexibility index (Phi) is 3.65. The van der Waals surface area contributed by atoms with Gasteiger partial charge in [0, 0.05) is 16.8 Å². The number of amides is 1. The van der Waals surface area contributed by atoms with Crippen molar-refractivity contribution in [1.82, 2.24) is 9.38 Å². The summed E-state index contributed by atoms with van der Waals surface area (Å²) in [5.74, 6) is -0.386. The third-order valence-electron chi connectivity index (χ3n) is 3.20. The van der Waals surface area contributed by atoms with Gasteiger partial charge in [0.2, 0.25) is 0 Å². The van der Waals surface area contributed by atoms with Gasteiger partial charge >= 0.3 is 0 Å². The van der Waals surface area contributed by atoms with Crippen molar-refractivity contribution in [3.05, 3.63) is 75.3 Å². The first kappa shape index (κ1) is 14.3. The second-order valence-electron chi connectivity index (χ2n) is 4.87. The first-order valence-corrected chi connectivity index (χ1v) is 6.97. The predicted molar refractivity (Wildman–Crippen MR) is 85.6 cm³/mol. The predicted octanol–water partition coefficient (Wildman–Crippen LogP) is 2.91. The monoisotopic (exact) mass is 313 g/mol. The normalized spacial score (nSPS) is 10.6. The Balaban J connectivity index is 1.97. The summed E-state index contributed by atoms with van der Waals surface area (Å²) in [7, 11) is 0. The lowest BCUT2D eigenvalue weighted by atomic mass is 10.2. The van der Waals surface area contributed by atoms with Crippen LogP contribution in [-0.2, 0) is 0 Å². The van der Waals surface area contributed by atoms with Gasteiger partial charge in [-0.2, -0.15) is 0 Å². The number of hydrogen-bond acceptors (Lipinski definition) is 3. The zero-order valence-corrected chi connectivity index (χ0v) is 12.5. The molecule has 22 heavy (non-hydrogen) atoms. The zero-order chi connectivity index (χ0) is 15.7. The molecular weight excluding hydrogens is 302 g/mol. The van der Waals surface area contributed by atoms with E-state index in [0.29, 0.717) is 16.2 Å². The molecule has 2 aromatic heterocycles. The number of aryl methyl sites for hydroxylation is 1. The lowest BCUT2D eigenvalue weighted by Crippen LogP contribution is -2.23. The van der Waals surface area contributed by atoms with E-state index in [2.05, 4.69) is 10.3 Å². The molecule has 0 fully saturated rings. The van der Waals surface area contributed by atoms with Gasteiger partial charge in [-0.3, -0.25) is 14.0 Å². The Morgan fingerprint density at radius 2 is 1.91 bits per heavy atom. The molecule has 3 aromatic rings. The van der Waals surface area contributed by atoms with Crippen molar-refractivity contribution in [2.45, 2.75) is 6.92 Å². The smallest absolute Gasteiger partial charge is 0.281 e. The Morgan fingerprint density at radius 3 is 2.64 bits per heavy atom. The highest BCUT2D eigenvalue weighted by atomic mass is 35.5. The minimum atomic E-state index is -0.386. The molecule has 0 saturated heterocycles.